The molecule has 0 fully saturated rings. The van der Waals surface area contributed by atoms with Crippen molar-refractivity contribution >= 4 is 63.3 Å². The van der Waals surface area contributed by atoms with Crippen LogP contribution in [0, 0.1) is 3.57 Å². The normalized spacial score (nSPS) is 17.5. The second kappa shape index (κ2) is 15.1. The molecule has 2 amide bonds. The number of amides is 2. The molecule has 3 N–H and O–H groups in total. The molecule has 3 atom stereocenters. The second-order valence-corrected chi connectivity index (χ2v) is 12.3. The molecule has 0 saturated heterocycles. The molecular weight excluding hydrogens is 743 g/mol. The molecule has 5 rings (SSSR count). The predicted octanol–water partition coefficient (Wildman–Crippen LogP) is 4.13. The van der Waals surface area contributed by atoms with Gasteiger partial charge in [-0.3, -0.25) is 14.4 Å². The van der Waals surface area contributed by atoms with Crippen LogP contribution in [0.15, 0.2) is 87.6 Å². The fourth-order valence-corrected chi connectivity index (χ4v) is 6.21. The van der Waals surface area contributed by atoms with E-state index < -0.39 is 35.7 Å². The van der Waals surface area contributed by atoms with Crippen molar-refractivity contribution in [3.63, 3.8) is 0 Å². The molecule has 3 aromatic carbocycles. The SMILES string of the molecule is COc1cc(C=O)cc(I)c1O[C@H]1C=C(C(=O)NCCO)C[C@@H](N(Cc2ccc(Cl)cc2)C(=O)c2cc3ccccc3oc2=O)[C@@H]1O. The first-order valence-electron chi connectivity index (χ1n) is 14.5. The Bertz CT molecular complexity index is 1890. The van der Waals surface area contributed by atoms with Gasteiger partial charge < -0.3 is 34.3 Å². The number of benzene rings is 3. The third-order valence-corrected chi connectivity index (χ3v) is 8.71. The van der Waals surface area contributed by atoms with Crippen LogP contribution in [0.4, 0.5) is 0 Å². The lowest BCUT2D eigenvalue weighted by Gasteiger charge is -2.40. The van der Waals surface area contributed by atoms with Crippen LogP contribution in [0.1, 0.15) is 32.7 Å². The van der Waals surface area contributed by atoms with Crippen molar-refractivity contribution in [2.75, 3.05) is 20.3 Å². The monoisotopic (exact) mass is 772 g/mol. The number of ether oxygens (including phenoxy) is 2. The van der Waals surface area contributed by atoms with Crippen LogP contribution >= 0.6 is 34.2 Å². The van der Waals surface area contributed by atoms with Crippen molar-refractivity contribution in [3.8, 4) is 11.5 Å². The number of hydrogen-bond donors (Lipinski definition) is 3. The Balaban J connectivity index is 1.60. The molecule has 0 aliphatic heterocycles. The molecule has 1 heterocycles. The first-order valence-corrected chi connectivity index (χ1v) is 15.9. The number of aliphatic hydroxyl groups is 2. The zero-order chi connectivity index (χ0) is 33.7. The molecule has 0 radical (unpaired) electrons. The number of hydrogen-bond acceptors (Lipinski definition) is 9. The largest absolute Gasteiger partial charge is 0.493 e. The molecule has 244 valence electrons. The van der Waals surface area contributed by atoms with Gasteiger partial charge in [-0.25, -0.2) is 4.79 Å². The summed E-state index contributed by atoms with van der Waals surface area (Å²) in [6.45, 7) is -0.404. The highest BCUT2D eigenvalue weighted by Crippen LogP contribution is 2.37. The number of aldehydes is 1. The highest BCUT2D eigenvalue weighted by Gasteiger charge is 2.42. The van der Waals surface area contributed by atoms with Crippen molar-refractivity contribution in [2.45, 2.75) is 31.2 Å². The van der Waals surface area contributed by atoms with Crippen molar-refractivity contribution < 1.29 is 38.5 Å². The van der Waals surface area contributed by atoms with E-state index in [1.165, 1.54) is 30.2 Å². The average molecular weight is 773 g/mol. The van der Waals surface area contributed by atoms with Crippen LogP contribution in [0.3, 0.4) is 0 Å². The highest BCUT2D eigenvalue weighted by molar-refractivity contribution is 14.1. The van der Waals surface area contributed by atoms with Gasteiger partial charge in [-0.05, 0) is 70.6 Å². The number of carbonyl (C=O) groups is 3. The Hall–Kier alpha value is -4.24. The zero-order valence-electron chi connectivity index (χ0n) is 25.0. The predicted molar refractivity (Wildman–Crippen MR) is 182 cm³/mol. The van der Waals surface area contributed by atoms with Gasteiger partial charge in [-0.2, -0.15) is 0 Å². The summed E-state index contributed by atoms with van der Waals surface area (Å²) in [4.78, 5) is 53.5. The number of nitrogens with zero attached hydrogens (tertiary/aromatic N) is 1. The summed E-state index contributed by atoms with van der Waals surface area (Å²) in [6.07, 6.45) is -0.616. The van der Waals surface area contributed by atoms with Gasteiger partial charge in [-0.1, -0.05) is 41.9 Å². The van der Waals surface area contributed by atoms with Gasteiger partial charge >= 0.3 is 5.63 Å². The lowest BCUT2D eigenvalue weighted by atomic mass is 9.87. The van der Waals surface area contributed by atoms with Gasteiger partial charge in [0.05, 0.1) is 23.3 Å². The summed E-state index contributed by atoms with van der Waals surface area (Å²) >= 11 is 8.08. The van der Waals surface area contributed by atoms with Gasteiger partial charge in [0.15, 0.2) is 11.5 Å². The minimum Gasteiger partial charge on any atom is -0.493 e. The molecule has 0 spiro atoms. The zero-order valence-corrected chi connectivity index (χ0v) is 27.9. The van der Waals surface area contributed by atoms with Crippen molar-refractivity contribution in [1.29, 1.82) is 0 Å². The Labute approximate surface area is 287 Å². The first-order chi connectivity index (χ1) is 22.6. The summed E-state index contributed by atoms with van der Waals surface area (Å²) in [6, 6.07) is 16.9. The number of methoxy groups -OCH3 is 1. The van der Waals surface area contributed by atoms with Crippen molar-refractivity contribution in [1.82, 2.24) is 10.2 Å². The van der Waals surface area contributed by atoms with E-state index in [1.807, 2.05) is 22.6 Å². The van der Waals surface area contributed by atoms with Crippen LogP contribution in [-0.2, 0) is 11.3 Å². The van der Waals surface area contributed by atoms with E-state index in [0.717, 1.165) is 0 Å². The molecule has 4 aromatic rings. The van der Waals surface area contributed by atoms with E-state index in [9.17, 15) is 29.4 Å². The molecule has 0 unspecified atom stereocenters. The van der Waals surface area contributed by atoms with Crippen LogP contribution in [0.2, 0.25) is 5.02 Å². The number of halogens is 2. The van der Waals surface area contributed by atoms with Crippen LogP contribution in [0.5, 0.6) is 11.5 Å². The molecule has 11 nitrogen and oxygen atoms in total. The van der Waals surface area contributed by atoms with Crippen LogP contribution < -0.4 is 20.4 Å². The second-order valence-electron chi connectivity index (χ2n) is 10.7. The Morgan fingerprint density at radius 3 is 2.60 bits per heavy atom. The molecule has 1 aliphatic rings. The van der Waals surface area contributed by atoms with E-state index >= 15 is 0 Å². The van der Waals surface area contributed by atoms with Crippen LogP contribution in [0.25, 0.3) is 11.0 Å². The number of carbonyl (C=O) groups excluding carboxylic acids is 3. The van der Waals surface area contributed by atoms with E-state index in [4.69, 9.17) is 25.5 Å². The summed E-state index contributed by atoms with van der Waals surface area (Å²) in [5.41, 5.74) is 0.340. The van der Waals surface area contributed by atoms with E-state index in [2.05, 4.69) is 5.32 Å². The lowest BCUT2D eigenvalue weighted by molar-refractivity contribution is -0.118. The maximum Gasteiger partial charge on any atom is 0.349 e. The molecule has 47 heavy (non-hydrogen) atoms. The maximum absolute atomic E-state index is 14.3. The highest BCUT2D eigenvalue weighted by atomic mass is 127. The lowest BCUT2D eigenvalue weighted by Crippen LogP contribution is -2.55. The van der Waals surface area contributed by atoms with E-state index in [1.54, 1.807) is 54.6 Å². The van der Waals surface area contributed by atoms with Crippen LogP contribution in [-0.4, -0.2) is 71.7 Å². The number of para-hydroxylation sites is 1. The summed E-state index contributed by atoms with van der Waals surface area (Å²) in [5, 5.41) is 24.8. The molecule has 0 bridgehead atoms. The number of nitrogens with one attached hydrogen (secondary N) is 1. The fraction of sp³-hybridized carbons (Fsp3) is 0.235. The standard InChI is InChI=1S/C34H30ClIN2O9/c1-45-29-13-20(18-40)12-25(36)31(29)46-28-16-22(32(42)37-10-11-39)15-26(30(28)41)38(17-19-6-8-23(35)9-7-19)33(43)24-14-21-4-2-3-5-27(21)47-34(24)44/h2-9,12-14,16,18,26,28,30,39,41H,10-11,15,17H2,1H3,(H,37,42)/t26-,28+,30+/m1/s1. The van der Waals surface area contributed by atoms with Gasteiger partial charge in [0, 0.05) is 41.1 Å². The Kier molecular flexibility index (Phi) is 11.0. The average Bonchev–Trinajstić information content (AvgIpc) is 3.07. The minimum absolute atomic E-state index is 0.0284. The van der Waals surface area contributed by atoms with Crippen molar-refractivity contribution in [3.05, 3.63) is 114 Å². The fourth-order valence-electron chi connectivity index (χ4n) is 5.33. The van der Waals surface area contributed by atoms with E-state index in [-0.39, 0.29) is 48.8 Å². The molecule has 1 aromatic heterocycles. The Morgan fingerprint density at radius 1 is 1.15 bits per heavy atom. The summed E-state index contributed by atoms with van der Waals surface area (Å²) in [5.74, 6) is -0.843. The number of aliphatic hydroxyl groups excluding tert-OH is 2. The van der Waals surface area contributed by atoms with E-state index in [0.29, 0.717) is 37.0 Å². The topological polar surface area (TPSA) is 156 Å². The third kappa shape index (κ3) is 7.67. The van der Waals surface area contributed by atoms with Gasteiger partial charge in [0.2, 0.25) is 5.91 Å². The molecule has 1 aliphatic carbocycles. The van der Waals surface area contributed by atoms with Gasteiger partial charge in [-0.15, -0.1) is 0 Å². The minimum atomic E-state index is -1.42. The molecule has 13 heteroatoms. The molecule has 0 saturated carbocycles. The summed E-state index contributed by atoms with van der Waals surface area (Å²) in [7, 11) is 1.40. The Morgan fingerprint density at radius 2 is 1.89 bits per heavy atom. The molecular formula is C34H30ClIN2O9. The maximum atomic E-state index is 14.3. The van der Waals surface area contributed by atoms with Gasteiger partial charge in [0.1, 0.15) is 29.6 Å². The van der Waals surface area contributed by atoms with Crippen molar-refractivity contribution in [2.24, 2.45) is 0 Å². The quantitative estimate of drug-likeness (QED) is 0.116. The smallest absolute Gasteiger partial charge is 0.349 e. The third-order valence-electron chi connectivity index (χ3n) is 7.66. The van der Waals surface area contributed by atoms with Gasteiger partial charge in [0.25, 0.3) is 5.91 Å². The summed E-state index contributed by atoms with van der Waals surface area (Å²) < 4.78 is 17.7. The number of rotatable bonds is 11. The number of fused-ring (bicyclic) bond motifs is 1. The first kappa shape index (κ1) is 34.1.